The van der Waals surface area contributed by atoms with Crippen molar-refractivity contribution in [2.24, 2.45) is 0 Å². The molecule has 1 fully saturated rings. The fourth-order valence-corrected chi connectivity index (χ4v) is 5.64. The number of thiazole rings is 1. The second-order valence-corrected chi connectivity index (χ2v) is 9.70. The third-order valence-electron chi connectivity index (χ3n) is 6.43. The average Bonchev–Trinajstić information content (AvgIpc) is 3.49. The number of ketones is 1. The first-order valence-electron chi connectivity index (χ1n) is 12.2. The van der Waals surface area contributed by atoms with E-state index in [9.17, 15) is 19.1 Å². The van der Waals surface area contributed by atoms with Crippen LogP contribution in [-0.4, -0.2) is 49.7 Å². The molecule has 5 rings (SSSR count). The number of carbonyl (C=O) groups is 2. The molecule has 40 heavy (non-hydrogen) atoms. The van der Waals surface area contributed by atoms with E-state index >= 15 is 0 Å². The number of anilines is 1. The van der Waals surface area contributed by atoms with Crippen LogP contribution in [0.2, 0.25) is 0 Å². The molecule has 1 saturated heterocycles. The summed E-state index contributed by atoms with van der Waals surface area (Å²) < 4.78 is 36.4. The zero-order valence-electron chi connectivity index (χ0n) is 22.1. The van der Waals surface area contributed by atoms with E-state index < -0.39 is 29.3 Å². The number of ether oxygens (including phenoxy) is 4. The number of rotatable bonds is 8. The van der Waals surface area contributed by atoms with Crippen molar-refractivity contribution in [1.82, 2.24) is 4.98 Å². The predicted molar refractivity (Wildman–Crippen MR) is 148 cm³/mol. The SMILES string of the molecule is CCOc1ccc2nc(N3C(=O)C(=O)C(=C(O)c4ccc(F)cc4)[C@H]3c3cc(OC)c(OC)c(OC)c3)sc2c1. The lowest BCUT2D eigenvalue weighted by molar-refractivity contribution is -0.132. The fourth-order valence-electron chi connectivity index (χ4n) is 4.62. The van der Waals surface area contributed by atoms with Gasteiger partial charge in [-0.25, -0.2) is 9.37 Å². The van der Waals surface area contributed by atoms with Crippen LogP contribution in [0.5, 0.6) is 23.0 Å². The molecule has 0 spiro atoms. The third kappa shape index (κ3) is 4.58. The number of fused-ring (bicyclic) bond motifs is 1. The molecule has 1 aliphatic heterocycles. The summed E-state index contributed by atoms with van der Waals surface area (Å²) in [6.45, 7) is 2.36. The molecule has 1 aliphatic rings. The molecule has 0 unspecified atom stereocenters. The molecular weight excluding hydrogens is 539 g/mol. The number of halogens is 1. The van der Waals surface area contributed by atoms with E-state index in [4.69, 9.17) is 18.9 Å². The molecule has 1 aromatic heterocycles. The summed E-state index contributed by atoms with van der Waals surface area (Å²) in [4.78, 5) is 33.0. The summed E-state index contributed by atoms with van der Waals surface area (Å²) in [6.07, 6.45) is 0. The number of nitrogens with zero attached hydrogens (tertiary/aromatic N) is 2. The van der Waals surface area contributed by atoms with Gasteiger partial charge in [-0.1, -0.05) is 11.3 Å². The molecular formula is C29H25FN2O7S. The van der Waals surface area contributed by atoms with Crippen molar-refractivity contribution in [3.8, 4) is 23.0 Å². The van der Waals surface area contributed by atoms with Crippen molar-refractivity contribution in [3.05, 3.63) is 77.1 Å². The normalized spacial score (nSPS) is 16.4. The van der Waals surface area contributed by atoms with E-state index in [0.717, 1.165) is 16.8 Å². The second-order valence-electron chi connectivity index (χ2n) is 8.69. The van der Waals surface area contributed by atoms with Gasteiger partial charge in [0.2, 0.25) is 5.75 Å². The van der Waals surface area contributed by atoms with Gasteiger partial charge in [-0.3, -0.25) is 14.5 Å². The first-order chi connectivity index (χ1) is 19.3. The van der Waals surface area contributed by atoms with Crippen LogP contribution in [0, 0.1) is 5.82 Å². The minimum Gasteiger partial charge on any atom is -0.507 e. The van der Waals surface area contributed by atoms with E-state index in [0.29, 0.717) is 29.2 Å². The molecule has 1 amide bonds. The van der Waals surface area contributed by atoms with Gasteiger partial charge in [0.1, 0.15) is 17.3 Å². The quantitative estimate of drug-likeness (QED) is 0.170. The summed E-state index contributed by atoms with van der Waals surface area (Å²) in [5.74, 6) is -1.25. The van der Waals surface area contributed by atoms with Crippen LogP contribution in [-0.2, 0) is 9.59 Å². The molecule has 206 valence electrons. The van der Waals surface area contributed by atoms with Crippen molar-refractivity contribution in [1.29, 1.82) is 0 Å². The highest BCUT2D eigenvalue weighted by Gasteiger charge is 2.48. The maximum Gasteiger partial charge on any atom is 0.301 e. The Morgan fingerprint density at radius 1 is 1.00 bits per heavy atom. The van der Waals surface area contributed by atoms with Gasteiger partial charge >= 0.3 is 5.91 Å². The van der Waals surface area contributed by atoms with E-state index in [1.54, 1.807) is 24.3 Å². The number of Topliss-reactive ketones (excluding diaryl/α,β-unsaturated/α-hetero) is 1. The third-order valence-corrected chi connectivity index (χ3v) is 7.45. The molecule has 3 aromatic carbocycles. The number of hydrogen-bond donors (Lipinski definition) is 1. The van der Waals surface area contributed by atoms with Crippen molar-refractivity contribution in [2.75, 3.05) is 32.8 Å². The Hall–Kier alpha value is -4.64. The Bertz CT molecular complexity index is 1620. The lowest BCUT2D eigenvalue weighted by atomic mass is 9.94. The Balaban J connectivity index is 1.75. The first-order valence-corrected chi connectivity index (χ1v) is 13.0. The maximum atomic E-state index is 13.6. The van der Waals surface area contributed by atoms with Crippen LogP contribution in [0.3, 0.4) is 0 Å². The number of aliphatic hydroxyl groups excluding tert-OH is 1. The summed E-state index contributed by atoms with van der Waals surface area (Å²) >= 11 is 1.20. The molecule has 0 bridgehead atoms. The standard InChI is InChI=1S/C29H25FN2O7S/c1-5-39-18-10-11-19-22(14-18)40-29(31-19)32-24(16-12-20(36-2)27(38-4)21(13-16)37-3)23(26(34)28(32)35)25(33)15-6-8-17(30)9-7-15/h6-14,24,33H,5H2,1-4H3/t24-/m1/s1. The van der Waals surface area contributed by atoms with Crippen molar-refractivity contribution in [2.45, 2.75) is 13.0 Å². The minimum atomic E-state index is -1.12. The molecule has 11 heteroatoms. The van der Waals surface area contributed by atoms with Crippen LogP contribution >= 0.6 is 11.3 Å². The molecule has 2 heterocycles. The Kier molecular flexibility index (Phi) is 7.31. The molecule has 0 saturated carbocycles. The van der Waals surface area contributed by atoms with E-state index in [1.807, 2.05) is 13.0 Å². The lowest BCUT2D eigenvalue weighted by Gasteiger charge is -2.24. The largest absolute Gasteiger partial charge is 0.507 e. The lowest BCUT2D eigenvalue weighted by Crippen LogP contribution is -2.29. The Labute approximate surface area is 233 Å². The number of methoxy groups -OCH3 is 3. The van der Waals surface area contributed by atoms with Gasteiger partial charge in [-0.15, -0.1) is 0 Å². The van der Waals surface area contributed by atoms with Gasteiger partial charge in [0, 0.05) is 5.56 Å². The topological polar surface area (TPSA) is 107 Å². The Morgan fingerprint density at radius 3 is 2.27 bits per heavy atom. The Morgan fingerprint density at radius 2 is 1.68 bits per heavy atom. The zero-order valence-corrected chi connectivity index (χ0v) is 22.9. The van der Waals surface area contributed by atoms with E-state index in [2.05, 4.69) is 4.98 Å². The monoisotopic (exact) mass is 564 g/mol. The van der Waals surface area contributed by atoms with Crippen LogP contribution in [0.4, 0.5) is 9.52 Å². The molecule has 4 aromatic rings. The van der Waals surface area contributed by atoms with Gasteiger partial charge < -0.3 is 24.1 Å². The van der Waals surface area contributed by atoms with Gasteiger partial charge in [0.25, 0.3) is 5.78 Å². The highest BCUT2D eigenvalue weighted by Crippen LogP contribution is 2.48. The molecule has 1 N–H and O–H groups in total. The molecule has 9 nitrogen and oxygen atoms in total. The highest BCUT2D eigenvalue weighted by atomic mass is 32.1. The van der Waals surface area contributed by atoms with E-state index in [1.165, 1.54) is 49.7 Å². The highest BCUT2D eigenvalue weighted by molar-refractivity contribution is 7.22. The molecule has 0 aliphatic carbocycles. The smallest absolute Gasteiger partial charge is 0.301 e. The van der Waals surface area contributed by atoms with Crippen LogP contribution < -0.4 is 23.8 Å². The zero-order chi connectivity index (χ0) is 28.6. The number of aliphatic hydroxyl groups is 1. The predicted octanol–water partition coefficient (Wildman–Crippen LogP) is 5.49. The van der Waals surface area contributed by atoms with Gasteiger partial charge in [-0.05, 0) is 67.1 Å². The number of amides is 1. The fraction of sp³-hybridized carbons (Fsp3) is 0.207. The van der Waals surface area contributed by atoms with Crippen LogP contribution in [0.15, 0.2) is 60.2 Å². The van der Waals surface area contributed by atoms with Gasteiger partial charge in [0.05, 0.1) is 49.8 Å². The molecule has 1 atom stereocenters. The summed E-state index contributed by atoms with van der Waals surface area (Å²) in [6, 6.07) is 12.4. The van der Waals surface area contributed by atoms with Crippen molar-refractivity contribution < 1.29 is 38.0 Å². The van der Waals surface area contributed by atoms with Crippen LogP contribution in [0.25, 0.3) is 16.0 Å². The number of aromatic nitrogens is 1. The molecule has 0 radical (unpaired) electrons. The van der Waals surface area contributed by atoms with Gasteiger partial charge in [0.15, 0.2) is 16.6 Å². The number of benzene rings is 3. The van der Waals surface area contributed by atoms with Crippen molar-refractivity contribution >= 4 is 44.1 Å². The summed E-state index contributed by atoms with van der Waals surface area (Å²) in [7, 11) is 4.35. The summed E-state index contributed by atoms with van der Waals surface area (Å²) in [5.41, 5.74) is 0.974. The number of carbonyl (C=O) groups excluding carboxylic acids is 2. The average molecular weight is 565 g/mol. The maximum absolute atomic E-state index is 13.6. The second kappa shape index (κ2) is 10.9. The minimum absolute atomic E-state index is 0.169. The summed E-state index contributed by atoms with van der Waals surface area (Å²) in [5, 5.41) is 11.6. The number of hydrogen-bond acceptors (Lipinski definition) is 9. The van der Waals surface area contributed by atoms with Gasteiger partial charge in [-0.2, -0.15) is 0 Å². The van der Waals surface area contributed by atoms with Crippen molar-refractivity contribution in [3.63, 3.8) is 0 Å². The van der Waals surface area contributed by atoms with E-state index in [-0.39, 0.29) is 27.8 Å². The first kappa shape index (κ1) is 26.9. The van der Waals surface area contributed by atoms with Crippen LogP contribution in [0.1, 0.15) is 24.1 Å².